The zero-order valence-electron chi connectivity index (χ0n) is 11.3. The maximum atomic E-state index is 6.08. The van der Waals surface area contributed by atoms with E-state index in [2.05, 4.69) is 11.8 Å². The maximum Gasteiger partial charge on any atom is 0.0469 e. The summed E-state index contributed by atoms with van der Waals surface area (Å²) in [6.07, 6.45) is 7.80. The van der Waals surface area contributed by atoms with E-state index in [1.54, 1.807) is 0 Å². The number of nitrogens with zero attached hydrogens (tertiary/aromatic N) is 1. The molecule has 0 aromatic carbocycles. The summed E-state index contributed by atoms with van der Waals surface area (Å²) in [5, 5.41) is 0. The lowest BCUT2D eigenvalue weighted by Gasteiger charge is -2.42. The fourth-order valence-corrected chi connectivity index (χ4v) is 3.58. The third kappa shape index (κ3) is 3.01. The fraction of sp³-hybridized carbons (Fsp3) is 1.00. The fourth-order valence-electron chi connectivity index (χ4n) is 3.58. The van der Waals surface area contributed by atoms with Gasteiger partial charge < -0.3 is 10.5 Å². The topological polar surface area (TPSA) is 38.5 Å². The van der Waals surface area contributed by atoms with Crippen LogP contribution in [-0.2, 0) is 4.74 Å². The lowest BCUT2D eigenvalue weighted by molar-refractivity contribution is 0.0268. The van der Waals surface area contributed by atoms with Gasteiger partial charge in [0.1, 0.15) is 0 Å². The van der Waals surface area contributed by atoms with Crippen molar-refractivity contribution in [2.45, 2.75) is 51.0 Å². The second kappa shape index (κ2) is 6.17. The minimum Gasteiger partial charge on any atom is -0.381 e. The van der Waals surface area contributed by atoms with Crippen LogP contribution in [0.1, 0.15) is 45.4 Å². The molecule has 1 aliphatic carbocycles. The van der Waals surface area contributed by atoms with Crippen molar-refractivity contribution in [1.29, 1.82) is 0 Å². The summed E-state index contributed by atoms with van der Waals surface area (Å²) in [5.41, 5.74) is 6.41. The number of hydrogen-bond donors (Lipinski definition) is 1. The van der Waals surface area contributed by atoms with Gasteiger partial charge in [0, 0.05) is 31.8 Å². The van der Waals surface area contributed by atoms with Gasteiger partial charge in [0.2, 0.25) is 0 Å². The van der Waals surface area contributed by atoms with Gasteiger partial charge in [0.15, 0.2) is 0 Å². The third-order valence-electron chi connectivity index (χ3n) is 4.79. The Morgan fingerprint density at radius 3 is 2.41 bits per heavy atom. The highest BCUT2D eigenvalue weighted by atomic mass is 16.5. The molecule has 1 aliphatic heterocycles. The van der Waals surface area contributed by atoms with Gasteiger partial charge in [-0.25, -0.2) is 0 Å². The van der Waals surface area contributed by atoms with Crippen LogP contribution in [0.25, 0.3) is 0 Å². The van der Waals surface area contributed by atoms with Gasteiger partial charge in [-0.05, 0) is 38.1 Å². The van der Waals surface area contributed by atoms with Crippen LogP contribution in [0.2, 0.25) is 0 Å². The van der Waals surface area contributed by atoms with Crippen LogP contribution < -0.4 is 5.73 Å². The van der Waals surface area contributed by atoms with E-state index in [1.165, 1.54) is 45.1 Å². The summed E-state index contributed by atoms with van der Waals surface area (Å²) in [7, 11) is 0. The molecule has 0 amide bonds. The van der Waals surface area contributed by atoms with Gasteiger partial charge in [0.05, 0.1) is 0 Å². The Hall–Kier alpha value is -0.120. The van der Waals surface area contributed by atoms with E-state index in [1.807, 2.05) is 0 Å². The molecule has 2 N–H and O–H groups in total. The molecular formula is C14H28N2O. The predicted molar refractivity (Wildman–Crippen MR) is 71.0 cm³/mol. The minimum atomic E-state index is 0.326. The van der Waals surface area contributed by atoms with Crippen LogP contribution in [0, 0.1) is 5.92 Å². The summed E-state index contributed by atoms with van der Waals surface area (Å²) in [4.78, 5) is 2.68. The molecule has 17 heavy (non-hydrogen) atoms. The Bertz CT molecular complexity index is 220. The number of hydrogen-bond acceptors (Lipinski definition) is 3. The van der Waals surface area contributed by atoms with Crippen LogP contribution >= 0.6 is 0 Å². The van der Waals surface area contributed by atoms with Crippen LogP contribution in [0.4, 0.5) is 0 Å². The SMILES string of the molecule is CCN(CC1CCOCC1)C1(CN)CCCC1. The molecule has 100 valence electrons. The Labute approximate surface area is 106 Å². The van der Waals surface area contributed by atoms with Crippen molar-refractivity contribution < 1.29 is 4.74 Å². The van der Waals surface area contributed by atoms with Gasteiger partial charge in [0.25, 0.3) is 0 Å². The Morgan fingerprint density at radius 1 is 1.24 bits per heavy atom. The number of nitrogens with two attached hydrogens (primary N) is 1. The molecule has 0 unspecified atom stereocenters. The monoisotopic (exact) mass is 240 g/mol. The molecule has 0 atom stereocenters. The molecule has 0 aromatic rings. The first-order valence-corrected chi connectivity index (χ1v) is 7.33. The summed E-state index contributed by atoms with van der Waals surface area (Å²) < 4.78 is 5.45. The zero-order chi connectivity index (χ0) is 12.1. The van der Waals surface area contributed by atoms with Crippen molar-refractivity contribution in [3.63, 3.8) is 0 Å². The summed E-state index contributed by atoms with van der Waals surface area (Å²) >= 11 is 0. The molecule has 0 radical (unpaired) electrons. The van der Waals surface area contributed by atoms with Crippen molar-refractivity contribution in [1.82, 2.24) is 4.90 Å². The standard InChI is InChI=1S/C14H28N2O/c1-2-16(11-13-5-9-17-10-6-13)14(12-15)7-3-4-8-14/h13H,2-12,15H2,1H3. The molecule has 1 saturated carbocycles. The molecule has 3 nitrogen and oxygen atoms in total. The number of ether oxygens (including phenoxy) is 1. The summed E-state index contributed by atoms with van der Waals surface area (Å²) in [5.74, 6) is 0.827. The molecule has 2 fully saturated rings. The Balaban J connectivity index is 1.94. The highest BCUT2D eigenvalue weighted by Crippen LogP contribution is 2.35. The normalized spacial score (nSPS) is 25.6. The largest absolute Gasteiger partial charge is 0.381 e. The molecule has 0 spiro atoms. The van der Waals surface area contributed by atoms with E-state index >= 15 is 0 Å². The highest BCUT2D eigenvalue weighted by molar-refractivity contribution is 4.96. The maximum absolute atomic E-state index is 6.08. The van der Waals surface area contributed by atoms with E-state index in [-0.39, 0.29) is 0 Å². The molecule has 1 heterocycles. The summed E-state index contributed by atoms with van der Waals surface area (Å²) in [6.45, 7) is 7.42. The number of likely N-dealkylation sites (N-methyl/N-ethyl adjacent to an activating group) is 1. The molecule has 2 rings (SSSR count). The lowest BCUT2D eigenvalue weighted by atomic mass is 9.91. The molecule has 3 heteroatoms. The zero-order valence-corrected chi connectivity index (χ0v) is 11.3. The Kier molecular flexibility index (Phi) is 4.83. The van der Waals surface area contributed by atoms with Crippen molar-refractivity contribution in [2.75, 3.05) is 32.8 Å². The van der Waals surface area contributed by atoms with Gasteiger partial charge in [-0.15, -0.1) is 0 Å². The minimum absolute atomic E-state index is 0.326. The smallest absolute Gasteiger partial charge is 0.0469 e. The van der Waals surface area contributed by atoms with Crippen molar-refractivity contribution in [3.05, 3.63) is 0 Å². The van der Waals surface area contributed by atoms with E-state index in [4.69, 9.17) is 10.5 Å². The van der Waals surface area contributed by atoms with Gasteiger partial charge in [-0.3, -0.25) is 4.90 Å². The highest BCUT2D eigenvalue weighted by Gasteiger charge is 2.38. The first-order chi connectivity index (χ1) is 8.30. The first-order valence-electron chi connectivity index (χ1n) is 7.33. The lowest BCUT2D eigenvalue weighted by Crippen LogP contribution is -2.53. The predicted octanol–water partition coefficient (Wildman–Crippen LogP) is 2.01. The molecule has 2 aliphatic rings. The van der Waals surface area contributed by atoms with E-state index in [9.17, 15) is 0 Å². The second-order valence-electron chi connectivity index (χ2n) is 5.73. The Morgan fingerprint density at radius 2 is 1.88 bits per heavy atom. The summed E-state index contributed by atoms with van der Waals surface area (Å²) in [6, 6.07) is 0. The average molecular weight is 240 g/mol. The average Bonchev–Trinajstić information content (AvgIpc) is 2.87. The van der Waals surface area contributed by atoms with Gasteiger partial charge >= 0.3 is 0 Å². The van der Waals surface area contributed by atoms with Crippen LogP contribution in [0.5, 0.6) is 0 Å². The van der Waals surface area contributed by atoms with Crippen molar-refractivity contribution >= 4 is 0 Å². The number of rotatable bonds is 5. The molecule has 0 aromatic heterocycles. The van der Waals surface area contributed by atoms with Gasteiger partial charge in [-0.2, -0.15) is 0 Å². The van der Waals surface area contributed by atoms with E-state index in [0.29, 0.717) is 5.54 Å². The first kappa shape index (κ1) is 13.3. The van der Waals surface area contributed by atoms with E-state index < -0.39 is 0 Å². The van der Waals surface area contributed by atoms with Crippen LogP contribution in [-0.4, -0.2) is 43.3 Å². The van der Waals surface area contributed by atoms with E-state index in [0.717, 1.165) is 32.2 Å². The molecule has 0 bridgehead atoms. The van der Waals surface area contributed by atoms with Crippen LogP contribution in [0.15, 0.2) is 0 Å². The third-order valence-corrected chi connectivity index (χ3v) is 4.79. The van der Waals surface area contributed by atoms with Crippen molar-refractivity contribution in [2.24, 2.45) is 11.7 Å². The van der Waals surface area contributed by atoms with Gasteiger partial charge in [-0.1, -0.05) is 19.8 Å². The van der Waals surface area contributed by atoms with Crippen molar-refractivity contribution in [3.8, 4) is 0 Å². The molecular weight excluding hydrogens is 212 g/mol. The second-order valence-corrected chi connectivity index (χ2v) is 5.73. The van der Waals surface area contributed by atoms with Crippen LogP contribution in [0.3, 0.4) is 0 Å². The quantitative estimate of drug-likeness (QED) is 0.799. The molecule has 1 saturated heterocycles.